The molecule has 0 saturated carbocycles. The first-order valence-corrected chi connectivity index (χ1v) is 13.2. The molecule has 0 spiro atoms. The highest BCUT2D eigenvalue weighted by molar-refractivity contribution is 7.57. The molecule has 164 valence electrons. The van der Waals surface area contributed by atoms with Crippen LogP contribution in [0.2, 0.25) is 0 Å². The molecule has 27 heavy (non-hydrogen) atoms. The van der Waals surface area contributed by atoms with Gasteiger partial charge in [-0.25, -0.2) is 0 Å². The molecule has 0 aromatic heterocycles. The SMILES string of the molecule is CC(C)CCN(CCC(C)C)CP(=O)(O)CN(CCC(C)C)CCC(C)C. The second kappa shape index (κ2) is 14.1. The van der Waals surface area contributed by atoms with Crippen LogP contribution in [-0.2, 0) is 4.57 Å². The molecular formula is C22H49N2O2P. The van der Waals surface area contributed by atoms with Gasteiger partial charge < -0.3 is 4.89 Å². The number of rotatable bonds is 16. The topological polar surface area (TPSA) is 43.8 Å². The fourth-order valence-electron chi connectivity index (χ4n) is 2.94. The molecule has 0 radical (unpaired) electrons. The van der Waals surface area contributed by atoms with E-state index >= 15 is 0 Å². The van der Waals surface area contributed by atoms with Crippen LogP contribution in [0.25, 0.3) is 0 Å². The standard InChI is InChI=1S/C22H49N2O2P/c1-19(2)9-13-23(14-10-20(3)4)17-27(25,26)18-24(15-11-21(5)6)16-12-22(7)8/h19-22H,9-18H2,1-8H3,(H,25,26). The van der Waals surface area contributed by atoms with Crippen LogP contribution in [-0.4, -0.2) is 53.4 Å². The van der Waals surface area contributed by atoms with Gasteiger partial charge in [0.25, 0.3) is 0 Å². The van der Waals surface area contributed by atoms with Crippen molar-refractivity contribution in [1.82, 2.24) is 9.80 Å². The van der Waals surface area contributed by atoms with E-state index in [1.807, 2.05) is 0 Å². The van der Waals surface area contributed by atoms with Gasteiger partial charge in [-0.3, -0.25) is 14.4 Å². The summed E-state index contributed by atoms with van der Waals surface area (Å²) in [7, 11) is -3.19. The summed E-state index contributed by atoms with van der Waals surface area (Å²) >= 11 is 0. The molecule has 4 nitrogen and oxygen atoms in total. The number of hydrogen-bond acceptors (Lipinski definition) is 3. The van der Waals surface area contributed by atoms with Gasteiger partial charge in [0.05, 0.1) is 12.6 Å². The largest absolute Gasteiger partial charge is 0.343 e. The van der Waals surface area contributed by atoms with Crippen LogP contribution in [0.15, 0.2) is 0 Å². The molecule has 0 atom stereocenters. The molecule has 0 unspecified atom stereocenters. The smallest absolute Gasteiger partial charge is 0.227 e. The summed E-state index contributed by atoms with van der Waals surface area (Å²) in [5.41, 5.74) is 0. The maximum Gasteiger partial charge on any atom is 0.227 e. The highest BCUT2D eigenvalue weighted by Gasteiger charge is 2.26. The second-order valence-electron chi connectivity index (χ2n) is 10.1. The van der Waals surface area contributed by atoms with Crippen molar-refractivity contribution in [2.75, 3.05) is 38.8 Å². The Hall–Kier alpha value is 0.110. The van der Waals surface area contributed by atoms with Crippen LogP contribution in [0.5, 0.6) is 0 Å². The third-order valence-corrected chi connectivity index (χ3v) is 6.62. The Morgan fingerprint density at radius 1 is 0.593 bits per heavy atom. The summed E-state index contributed by atoms with van der Waals surface area (Å²) in [5, 5.41) is 0. The van der Waals surface area contributed by atoms with Gasteiger partial charge in [-0.2, -0.15) is 0 Å². The molecule has 0 amide bonds. The van der Waals surface area contributed by atoms with Gasteiger partial charge in [-0.05, 0) is 75.5 Å². The van der Waals surface area contributed by atoms with Crippen molar-refractivity contribution >= 4 is 7.37 Å². The van der Waals surface area contributed by atoms with Crippen molar-refractivity contribution in [1.29, 1.82) is 0 Å². The van der Waals surface area contributed by atoms with E-state index in [0.29, 0.717) is 36.2 Å². The van der Waals surface area contributed by atoms with E-state index in [0.717, 1.165) is 51.9 Å². The van der Waals surface area contributed by atoms with E-state index in [2.05, 4.69) is 65.2 Å². The van der Waals surface area contributed by atoms with Crippen LogP contribution in [0.1, 0.15) is 81.1 Å². The average Bonchev–Trinajstić information content (AvgIpc) is 2.51. The van der Waals surface area contributed by atoms with Gasteiger partial charge in [0, 0.05) is 0 Å². The lowest BCUT2D eigenvalue weighted by Gasteiger charge is -2.30. The van der Waals surface area contributed by atoms with Gasteiger partial charge >= 0.3 is 0 Å². The summed E-state index contributed by atoms with van der Waals surface area (Å²) in [6, 6.07) is 0. The van der Waals surface area contributed by atoms with Crippen molar-refractivity contribution in [2.45, 2.75) is 81.1 Å². The van der Waals surface area contributed by atoms with Gasteiger partial charge in [0.2, 0.25) is 7.37 Å². The third kappa shape index (κ3) is 16.7. The molecule has 5 heteroatoms. The molecule has 0 aliphatic rings. The Morgan fingerprint density at radius 3 is 1.00 bits per heavy atom. The average molecular weight is 405 g/mol. The van der Waals surface area contributed by atoms with Gasteiger partial charge in [-0.15, -0.1) is 0 Å². The predicted molar refractivity (Wildman–Crippen MR) is 121 cm³/mol. The highest BCUT2D eigenvalue weighted by atomic mass is 31.2. The van der Waals surface area contributed by atoms with Crippen molar-refractivity contribution in [3.8, 4) is 0 Å². The summed E-state index contributed by atoms with van der Waals surface area (Å²) in [4.78, 5) is 15.3. The maximum atomic E-state index is 13.1. The normalized spacial score (nSPS) is 13.3. The first kappa shape index (κ1) is 27.1. The van der Waals surface area contributed by atoms with Crippen LogP contribution >= 0.6 is 7.37 Å². The quantitative estimate of drug-likeness (QED) is 0.322. The molecule has 1 N–H and O–H groups in total. The van der Waals surface area contributed by atoms with Gasteiger partial charge in [0.1, 0.15) is 0 Å². The maximum absolute atomic E-state index is 13.1. The lowest BCUT2D eigenvalue weighted by atomic mass is 10.1. The Bertz CT molecular complexity index is 353. The molecule has 0 aromatic rings. The van der Waals surface area contributed by atoms with E-state index in [4.69, 9.17) is 0 Å². The van der Waals surface area contributed by atoms with Gasteiger partial charge in [-0.1, -0.05) is 55.4 Å². The van der Waals surface area contributed by atoms with Crippen LogP contribution in [0.3, 0.4) is 0 Å². The van der Waals surface area contributed by atoms with E-state index in [1.165, 1.54) is 0 Å². The minimum Gasteiger partial charge on any atom is -0.343 e. The molecule has 0 rings (SSSR count). The highest BCUT2D eigenvalue weighted by Crippen LogP contribution is 2.42. The molecule has 0 aliphatic heterocycles. The zero-order valence-corrected chi connectivity index (χ0v) is 20.5. The van der Waals surface area contributed by atoms with E-state index in [-0.39, 0.29) is 0 Å². The zero-order chi connectivity index (χ0) is 21.0. The Labute approximate surface area is 170 Å². The lowest BCUT2D eigenvalue weighted by Crippen LogP contribution is -2.33. The predicted octanol–water partition coefficient (Wildman–Crippen LogP) is 5.96. The molecular weight excluding hydrogens is 355 g/mol. The monoisotopic (exact) mass is 404 g/mol. The minimum atomic E-state index is -3.19. The lowest BCUT2D eigenvalue weighted by molar-refractivity contribution is 0.246. The second-order valence-corrected chi connectivity index (χ2v) is 12.4. The fourth-order valence-corrected chi connectivity index (χ4v) is 4.84. The van der Waals surface area contributed by atoms with Crippen molar-refractivity contribution in [3.05, 3.63) is 0 Å². The summed E-state index contributed by atoms with van der Waals surface area (Å²) in [5.74, 6) is 2.49. The van der Waals surface area contributed by atoms with E-state index in [9.17, 15) is 9.46 Å². The Morgan fingerprint density at radius 2 is 0.815 bits per heavy atom. The minimum absolute atomic E-state index is 0.340. The zero-order valence-electron chi connectivity index (χ0n) is 19.6. The number of hydrogen-bond donors (Lipinski definition) is 1. The molecule has 0 fully saturated rings. The van der Waals surface area contributed by atoms with Crippen LogP contribution in [0, 0.1) is 23.7 Å². The van der Waals surface area contributed by atoms with Crippen molar-refractivity contribution in [3.63, 3.8) is 0 Å². The molecule has 0 heterocycles. The molecule has 0 saturated heterocycles. The molecule has 0 bridgehead atoms. The Balaban J connectivity index is 4.87. The summed E-state index contributed by atoms with van der Waals surface area (Å²) in [6.45, 7) is 21.5. The van der Waals surface area contributed by atoms with Crippen molar-refractivity contribution < 1.29 is 9.46 Å². The molecule has 0 aromatic carbocycles. The summed E-state index contributed by atoms with van der Waals surface area (Å²) < 4.78 is 13.1. The van der Waals surface area contributed by atoms with Crippen LogP contribution in [0.4, 0.5) is 0 Å². The summed E-state index contributed by atoms with van der Waals surface area (Å²) in [6.07, 6.45) is 5.02. The first-order chi connectivity index (χ1) is 12.4. The number of nitrogens with zero attached hydrogens (tertiary/aromatic N) is 2. The first-order valence-electron chi connectivity index (χ1n) is 11.2. The van der Waals surface area contributed by atoms with Crippen molar-refractivity contribution in [2.24, 2.45) is 23.7 Å². The fraction of sp³-hybridized carbons (Fsp3) is 1.00. The third-order valence-electron chi connectivity index (χ3n) is 4.93. The van der Waals surface area contributed by atoms with Crippen LogP contribution < -0.4 is 0 Å². The molecule has 0 aliphatic carbocycles. The van der Waals surface area contributed by atoms with E-state index in [1.54, 1.807) is 0 Å². The van der Waals surface area contributed by atoms with E-state index < -0.39 is 7.37 Å². The van der Waals surface area contributed by atoms with Gasteiger partial charge in [0.15, 0.2) is 0 Å². The Kier molecular flexibility index (Phi) is 14.2.